The van der Waals surface area contributed by atoms with Gasteiger partial charge in [0.15, 0.2) is 5.78 Å². The van der Waals surface area contributed by atoms with Gasteiger partial charge in [-0.2, -0.15) is 12.6 Å². The lowest BCUT2D eigenvalue weighted by Crippen LogP contribution is -2.12. The highest BCUT2D eigenvalue weighted by Crippen LogP contribution is 2.02. The Kier molecular flexibility index (Phi) is 3.39. The van der Waals surface area contributed by atoms with E-state index in [2.05, 4.69) is 12.6 Å². The number of carbonyl (C=O) groups is 1. The van der Waals surface area contributed by atoms with Crippen LogP contribution in [0.5, 0.6) is 0 Å². The van der Waals surface area contributed by atoms with Crippen molar-refractivity contribution < 1.29 is 9.90 Å². The second-order valence-corrected chi connectivity index (χ2v) is 2.62. The summed E-state index contributed by atoms with van der Waals surface area (Å²) in [5.74, 6) is -0.201. The molecule has 0 saturated heterocycles. The number of allylic oxidation sites excluding steroid dienone is 1. The van der Waals surface area contributed by atoms with Gasteiger partial charge in [0.25, 0.3) is 0 Å². The Morgan fingerprint density at radius 1 is 1.78 bits per heavy atom. The van der Waals surface area contributed by atoms with Crippen LogP contribution in [0.2, 0.25) is 0 Å². The first-order valence-corrected chi connectivity index (χ1v) is 3.12. The first kappa shape index (κ1) is 8.56. The molecular weight excluding hydrogens is 136 g/mol. The first-order chi connectivity index (χ1) is 4.09. The Morgan fingerprint density at radius 2 is 2.22 bits per heavy atom. The lowest BCUT2D eigenvalue weighted by Gasteiger charge is -2.03. The molecule has 0 bridgehead atoms. The van der Waals surface area contributed by atoms with Gasteiger partial charge in [0.2, 0.25) is 0 Å². The standard InChI is InChI=1S/C6H10O2S/c1-4(3-7)6(8)5(2)9/h3,5,7,9H,1-2H3/p-1/b4-3+. The summed E-state index contributed by atoms with van der Waals surface area (Å²) in [4.78, 5) is 10.7. The number of carbonyl (C=O) groups excluding carboxylic acids is 1. The van der Waals surface area contributed by atoms with Gasteiger partial charge in [-0.1, -0.05) is 0 Å². The van der Waals surface area contributed by atoms with Crippen LogP contribution in [0.15, 0.2) is 11.8 Å². The zero-order valence-corrected chi connectivity index (χ0v) is 6.31. The van der Waals surface area contributed by atoms with Gasteiger partial charge >= 0.3 is 0 Å². The molecule has 0 N–H and O–H groups in total. The smallest absolute Gasteiger partial charge is 0.169 e. The van der Waals surface area contributed by atoms with Gasteiger partial charge in [-0.3, -0.25) is 4.79 Å². The molecule has 0 aliphatic rings. The maximum atomic E-state index is 10.7. The van der Waals surface area contributed by atoms with E-state index in [1.807, 2.05) is 0 Å². The number of hydrogen-bond acceptors (Lipinski definition) is 3. The normalized spacial score (nSPS) is 15.2. The summed E-state index contributed by atoms with van der Waals surface area (Å²) in [6.07, 6.45) is 0.551. The van der Waals surface area contributed by atoms with Gasteiger partial charge in [-0.15, -0.1) is 6.26 Å². The number of thiol groups is 1. The molecule has 0 radical (unpaired) electrons. The molecule has 0 amide bonds. The molecule has 0 saturated carbocycles. The fourth-order valence-corrected chi connectivity index (χ4v) is 0.591. The van der Waals surface area contributed by atoms with Crippen molar-refractivity contribution in [1.82, 2.24) is 0 Å². The van der Waals surface area contributed by atoms with E-state index < -0.39 is 0 Å². The average Bonchev–Trinajstić information content (AvgIpc) is 1.84. The van der Waals surface area contributed by atoms with E-state index in [1.54, 1.807) is 6.92 Å². The molecule has 0 aromatic carbocycles. The van der Waals surface area contributed by atoms with Gasteiger partial charge in [0.05, 0.1) is 5.25 Å². The van der Waals surface area contributed by atoms with Crippen molar-refractivity contribution in [3.63, 3.8) is 0 Å². The predicted molar refractivity (Wildman–Crippen MR) is 37.2 cm³/mol. The fraction of sp³-hybridized carbons (Fsp3) is 0.500. The Labute approximate surface area is 60.0 Å². The number of ketones is 1. The van der Waals surface area contributed by atoms with Crippen LogP contribution in [0.1, 0.15) is 13.8 Å². The van der Waals surface area contributed by atoms with Crippen LogP contribution in [0.4, 0.5) is 0 Å². The Hall–Kier alpha value is -0.440. The summed E-state index contributed by atoms with van der Waals surface area (Å²) in [6, 6.07) is 0. The molecule has 2 nitrogen and oxygen atoms in total. The lowest BCUT2D eigenvalue weighted by molar-refractivity contribution is -0.276. The lowest BCUT2D eigenvalue weighted by atomic mass is 10.2. The van der Waals surface area contributed by atoms with E-state index in [0.717, 1.165) is 0 Å². The third kappa shape index (κ3) is 2.56. The van der Waals surface area contributed by atoms with Crippen LogP contribution in [-0.4, -0.2) is 11.0 Å². The summed E-state index contributed by atoms with van der Waals surface area (Å²) in [6.45, 7) is 3.13. The van der Waals surface area contributed by atoms with Crippen LogP contribution < -0.4 is 5.11 Å². The van der Waals surface area contributed by atoms with Crippen molar-refractivity contribution in [2.24, 2.45) is 0 Å². The molecule has 9 heavy (non-hydrogen) atoms. The summed E-state index contributed by atoms with van der Waals surface area (Å²) in [7, 11) is 0. The Bertz CT molecular complexity index is 138. The molecule has 0 rings (SSSR count). The summed E-state index contributed by atoms with van der Waals surface area (Å²) in [5, 5.41) is 9.59. The molecule has 1 atom stereocenters. The van der Waals surface area contributed by atoms with Crippen LogP contribution in [0.3, 0.4) is 0 Å². The van der Waals surface area contributed by atoms with E-state index in [4.69, 9.17) is 0 Å². The summed E-state index contributed by atoms with van der Waals surface area (Å²) < 4.78 is 0. The van der Waals surface area contributed by atoms with Crippen molar-refractivity contribution in [3.8, 4) is 0 Å². The molecule has 0 spiro atoms. The summed E-state index contributed by atoms with van der Waals surface area (Å²) >= 11 is 3.86. The average molecular weight is 145 g/mol. The summed E-state index contributed by atoms with van der Waals surface area (Å²) in [5.41, 5.74) is 0.234. The second-order valence-electron chi connectivity index (χ2n) is 1.84. The molecule has 0 aliphatic carbocycles. The third-order valence-corrected chi connectivity index (χ3v) is 1.18. The van der Waals surface area contributed by atoms with E-state index in [-0.39, 0.29) is 16.6 Å². The second kappa shape index (κ2) is 3.56. The minimum absolute atomic E-state index is 0.201. The van der Waals surface area contributed by atoms with Crippen LogP contribution >= 0.6 is 12.6 Å². The van der Waals surface area contributed by atoms with Gasteiger partial charge in [-0.25, -0.2) is 0 Å². The zero-order valence-electron chi connectivity index (χ0n) is 5.42. The molecule has 0 aromatic rings. The molecular formula is C6H9O2S-. The maximum Gasteiger partial charge on any atom is 0.169 e. The molecule has 52 valence electrons. The SMILES string of the molecule is C/C(=C\[O-])C(=O)C(C)S. The highest BCUT2D eigenvalue weighted by molar-refractivity contribution is 7.81. The van der Waals surface area contributed by atoms with Gasteiger partial charge < -0.3 is 5.11 Å². The largest absolute Gasteiger partial charge is 0.878 e. The van der Waals surface area contributed by atoms with Crippen molar-refractivity contribution in [1.29, 1.82) is 0 Å². The van der Waals surface area contributed by atoms with E-state index in [1.165, 1.54) is 6.92 Å². The van der Waals surface area contributed by atoms with Crippen molar-refractivity contribution >= 4 is 18.4 Å². The van der Waals surface area contributed by atoms with Gasteiger partial charge in [0, 0.05) is 0 Å². The highest BCUT2D eigenvalue weighted by atomic mass is 32.1. The Balaban J connectivity index is 4.06. The van der Waals surface area contributed by atoms with Crippen LogP contribution in [-0.2, 0) is 4.79 Å². The number of rotatable bonds is 2. The topological polar surface area (TPSA) is 40.1 Å². The Morgan fingerprint density at radius 3 is 2.33 bits per heavy atom. The van der Waals surface area contributed by atoms with Crippen molar-refractivity contribution in [3.05, 3.63) is 11.8 Å². The minimum Gasteiger partial charge on any atom is -0.878 e. The van der Waals surface area contributed by atoms with Crippen LogP contribution in [0, 0.1) is 0 Å². The molecule has 0 fully saturated rings. The number of hydrogen-bond donors (Lipinski definition) is 1. The molecule has 3 heteroatoms. The van der Waals surface area contributed by atoms with E-state index in [0.29, 0.717) is 6.26 Å². The molecule has 0 aromatic heterocycles. The van der Waals surface area contributed by atoms with Crippen molar-refractivity contribution in [2.75, 3.05) is 0 Å². The quantitative estimate of drug-likeness (QED) is 0.341. The predicted octanol–water partition coefficient (Wildman–Crippen LogP) is 0.138. The number of Topliss-reactive ketones (excluding diaryl/α,β-unsaturated/α-hetero) is 1. The maximum absolute atomic E-state index is 10.7. The highest BCUT2D eigenvalue weighted by Gasteiger charge is 2.06. The van der Waals surface area contributed by atoms with Gasteiger partial charge in [0.1, 0.15) is 0 Å². The van der Waals surface area contributed by atoms with E-state index in [9.17, 15) is 9.90 Å². The monoisotopic (exact) mass is 145 g/mol. The fourth-order valence-electron chi connectivity index (χ4n) is 0.388. The zero-order chi connectivity index (χ0) is 7.44. The van der Waals surface area contributed by atoms with E-state index >= 15 is 0 Å². The van der Waals surface area contributed by atoms with Gasteiger partial charge in [-0.05, 0) is 19.4 Å². The molecule has 1 unspecified atom stereocenters. The molecule has 0 heterocycles. The minimum atomic E-state index is -0.366. The first-order valence-electron chi connectivity index (χ1n) is 2.60. The van der Waals surface area contributed by atoms with Crippen LogP contribution in [0.25, 0.3) is 0 Å². The molecule has 0 aliphatic heterocycles. The third-order valence-electron chi connectivity index (χ3n) is 0.945. The van der Waals surface area contributed by atoms with Crippen molar-refractivity contribution in [2.45, 2.75) is 19.1 Å².